The van der Waals surface area contributed by atoms with Crippen LogP contribution in [-0.4, -0.2) is 317 Å². The molecule has 6 saturated heterocycles. The van der Waals surface area contributed by atoms with Gasteiger partial charge < -0.3 is 150 Å². The maximum absolute atomic E-state index is 12.5. The lowest BCUT2D eigenvalue weighted by Gasteiger charge is -2.49. The van der Waals surface area contributed by atoms with Gasteiger partial charge in [0.1, 0.15) is 140 Å². The van der Waals surface area contributed by atoms with Crippen LogP contribution in [0.2, 0.25) is 0 Å². The van der Waals surface area contributed by atoms with E-state index >= 15 is 0 Å². The number of aliphatic hydroxyl groups excluding tert-OH is 16. The van der Waals surface area contributed by atoms with E-state index in [0.29, 0.717) is 0 Å². The number of nitrogens with one attached hydrogen (secondary N) is 3. The largest absolute Gasteiger partial charge is 0.394 e. The molecular weight excluding hydrogens is 1030 g/mol. The monoisotopic (exact) mass is 1100 g/mol. The fraction of sp³-hybridized carbons (Fsp3) is 0.929. The highest BCUT2D eigenvalue weighted by molar-refractivity contribution is 5.74. The third kappa shape index (κ3) is 13.7. The van der Waals surface area contributed by atoms with Gasteiger partial charge in [0, 0.05) is 20.8 Å². The summed E-state index contributed by atoms with van der Waals surface area (Å²) < 4.78 is 63.3. The third-order valence-corrected chi connectivity index (χ3v) is 13.6. The molecule has 0 spiro atoms. The minimum absolute atomic E-state index is 0.714. The molecule has 30 atom stereocenters. The van der Waals surface area contributed by atoms with Crippen molar-refractivity contribution in [2.24, 2.45) is 0 Å². The number of aliphatic hydroxyl groups is 16. The molecule has 0 bridgehead atoms. The molecule has 6 aliphatic rings. The molecule has 0 aliphatic carbocycles. The van der Waals surface area contributed by atoms with E-state index < -0.39 is 235 Å². The van der Waals surface area contributed by atoms with Crippen LogP contribution in [0.1, 0.15) is 27.7 Å². The van der Waals surface area contributed by atoms with E-state index in [1.807, 2.05) is 0 Å². The molecule has 3 amide bonds. The molecule has 33 heteroatoms. The summed E-state index contributed by atoms with van der Waals surface area (Å²) in [4.78, 5) is 36.9. The fourth-order valence-electron chi connectivity index (χ4n) is 9.55. The molecule has 0 aromatic rings. The molecule has 0 aromatic heterocycles. The van der Waals surface area contributed by atoms with Gasteiger partial charge in [0.25, 0.3) is 0 Å². The lowest BCUT2D eigenvalue weighted by atomic mass is 9.94. The molecular formula is C42H71N3O30. The summed E-state index contributed by atoms with van der Waals surface area (Å²) in [6.07, 6.45) is -48.8. The van der Waals surface area contributed by atoms with Crippen molar-refractivity contribution < 1.29 is 148 Å². The van der Waals surface area contributed by atoms with Crippen LogP contribution in [0.5, 0.6) is 0 Å². The van der Waals surface area contributed by atoms with E-state index in [-0.39, 0.29) is 0 Å². The van der Waals surface area contributed by atoms with E-state index in [2.05, 4.69) is 16.0 Å². The quantitative estimate of drug-likeness (QED) is 0.0606. The Labute approximate surface area is 426 Å². The first kappa shape index (κ1) is 61.5. The van der Waals surface area contributed by atoms with E-state index in [4.69, 9.17) is 52.1 Å². The van der Waals surface area contributed by atoms with Crippen LogP contribution in [0.15, 0.2) is 0 Å². The van der Waals surface area contributed by atoms with Gasteiger partial charge in [-0.1, -0.05) is 0 Å². The first-order valence-corrected chi connectivity index (χ1v) is 23.9. The number of ether oxygens (including phenoxy) is 11. The van der Waals surface area contributed by atoms with Crippen LogP contribution in [0, 0.1) is 0 Å². The smallest absolute Gasteiger partial charge is 0.217 e. The molecule has 6 heterocycles. The van der Waals surface area contributed by atoms with Crippen molar-refractivity contribution in [3.05, 3.63) is 0 Å². The van der Waals surface area contributed by atoms with Crippen LogP contribution >= 0.6 is 0 Å². The van der Waals surface area contributed by atoms with Crippen LogP contribution in [0.3, 0.4) is 0 Å². The topological polar surface area (TPSA) is 513 Å². The van der Waals surface area contributed by atoms with Crippen molar-refractivity contribution >= 4 is 17.7 Å². The zero-order chi connectivity index (χ0) is 55.5. The molecule has 19 N–H and O–H groups in total. The minimum Gasteiger partial charge on any atom is -0.394 e. The molecule has 75 heavy (non-hydrogen) atoms. The molecule has 6 fully saturated rings. The lowest BCUT2D eigenvalue weighted by molar-refractivity contribution is -0.381. The van der Waals surface area contributed by atoms with Crippen LogP contribution in [0.4, 0.5) is 0 Å². The van der Waals surface area contributed by atoms with Crippen molar-refractivity contribution in [3.8, 4) is 0 Å². The molecule has 6 aliphatic heterocycles. The SMILES string of the molecule is CC(=O)N[C@H]1[C@H](OC[C@H]2OC(O)[C@H](NC(C)=O)[C@@H](O[C@@H]3O[C@H](CO)[C@H](O)[C@H](O)[C@H]3O[C@@H]3O[C@@H](C)[C@@H](O)[C@@H](O)[C@@H]3O)[C@H]2O)O[C@H](CO)[C@@H](O[C@@H]2O[C@H](CO)[C@H](O[C@@H]3O[C@H](CO)[C@@H](O)[C@H](O)[C@H]3NC(C)=O)[C@H](O)[C@H]2O)[C@@H]1O. The van der Waals surface area contributed by atoms with Gasteiger partial charge in [-0.05, 0) is 6.92 Å². The van der Waals surface area contributed by atoms with Gasteiger partial charge in [0.15, 0.2) is 37.7 Å². The Morgan fingerprint density at radius 3 is 1.35 bits per heavy atom. The summed E-state index contributed by atoms with van der Waals surface area (Å²) >= 11 is 0. The van der Waals surface area contributed by atoms with Crippen molar-refractivity contribution in [2.45, 2.75) is 212 Å². The van der Waals surface area contributed by atoms with E-state index in [9.17, 15) is 96.1 Å². The molecule has 33 nitrogen and oxygen atoms in total. The highest BCUT2D eigenvalue weighted by Crippen LogP contribution is 2.36. The average molecular weight is 1100 g/mol. The highest BCUT2D eigenvalue weighted by atomic mass is 16.8. The Hall–Kier alpha value is -2.67. The predicted octanol–water partition coefficient (Wildman–Crippen LogP) is -12.6. The van der Waals surface area contributed by atoms with Gasteiger partial charge in [-0.2, -0.15) is 0 Å². The second-order valence-electron chi connectivity index (χ2n) is 19.0. The van der Waals surface area contributed by atoms with Crippen molar-refractivity contribution in [3.63, 3.8) is 0 Å². The van der Waals surface area contributed by atoms with E-state index in [1.54, 1.807) is 0 Å². The van der Waals surface area contributed by atoms with Crippen molar-refractivity contribution in [1.29, 1.82) is 0 Å². The normalized spacial score (nSPS) is 48.6. The maximum atomic E-state index is 12.5. The average Bonchev–Trinajstić information content (AvgIpc) is 3.36. The number of carbonyl (C=O) groups excluding carboxylic acids is 3. The maximum Gasteiger partial charge on any atom is 0.217 e. The second kappa shape index (κ2) is 26.5. The predicted molar refractivity (Wildman–Crippen MR) is 233 cm³/mol. The molecule has 434 valence electrons. The van der Waals surface area contributed by atoms with Gasteiger partial charge in [-0.3, -0.25) is 14.4 Å². The molecule has 0 radical (unpaired) electrons. The Morgan fingerprint density at radius 1 is 0.373 bits per heavy atom. The lowest BCUT2D eigenvalue weighted by Crippen LogP contribution is -2.70. The van der Waals surface area contributed by atoms with Crippen molar-refractivity contribution in [1.82, 2.24) is 16.0 Å². The van der Waals surface area contributed by atoms with Crippen LogP contribution in [-0.2, 0) is 66.5 Å². The van der Waals surface area contributed by atoms with Gasteiger partial charge >= 0.3 is 0 Å². The number of hydrogen-bond donors (Lipinski definition) is 19. The molecule has 0 aromatic carbocycles. The van der Waals surface area contributed by atoms with Crippen molar-refractivity contribution in [2.75, 3.05) is 33.0 Å². The summed E-state index contributed by atoms with van der Waals surface area (Å²) in [7, 11) is 0. The number of carbonyl (C=O) groups is 3. The summed E-state index contributed by atoms with van der Waals surface area (Å²) in [6, 6.07) is -4.85. The van der Waals surface area contributed by atoms with E-state index in [0.717, 1.165) is 20.8 Å². The van der Waals surface area contributed by atoms with Crippen LogP contribution in [0.25, 0.3) is 0 Å². The number of rotatable bonds is 18. The number of hydrogen-bond acceptors (Lipinski definition) is 30. The van der Waals surface area contributed by atoms with Gasteiger partial charge in [0.05, 0.1) is 39.1 Å². The Bertz CT molecular complexity index is 1850. The highest BCUT2D eigenvalue weighted by Gasteiger charge is 2.57. The first-order chi connectivity index (χ1) is 35.4. The van der Waals surface area contributed by atoms with Crippen LogP contribution < -0.4 is 16.0 Å². The third-order valence-electron chi connectivity index (χ3n) is 13.6. The second-order valence-corrected chi connectivity index (χ2v) is 19.0. The summed E-state index contributed by atoms with van der Waals surface area (Å²) in [6.45, 7) is -0.0887. The molecule has 0 saturated carbocycles. The summed E-state index contributed by atoms with van der Waals surface area (Å²) in [5.74, 6) is -2.31. The summed E-state index contributed by atoms with van der Waals surface area (Å²) in [5, 5.41) is 179. The number of amides is 3. The molecule has 6 rings (SSSR count). The first-order valence-electron chi connectivity index (χ1n) is 23.9. The Morgan fingerprint density at radius 2 is 0.787 bits per heavy atom. The van der Waals surface area contributed by atoms with E-state index in [1.165, 1.54) is 6.92 Å². The summed E-state index contributed by atoms with van der Waals surface area (Å²) in [5.41, 5.74) is 0. The molecule has 1 unspecified atom stereocenters. The Balaban J connectivity index is 1.18. The minimum atomic E-state index is -2.13. The van der Waals surface area contributed by atoms with Gasteiger partial charge in [-0.15, -0.1) is 0 Å². The Kier molecular flexibility index (Phi) is 21.8. The fourth-order valence-corrected chi connectivity index (χ4v) is 9.55. The zero-order valence-corrected chi connectivity index (χ0v) is 40.7. The van der Waals surface area contributed by atoms with Gasteiger partial charge in [0.2, 0.25) is 17.7 Å². The van der Waals surface area contributed by atoms with Gasteiger partial charge in [-0.25, -0.2) is 0 Å². The standard InChI is InChI=1S/C42H71N3O30/c1-10-22(53)28(59)31(62)40(66-10)75-36-29(60)24(55)15(6-47)69-42(36)74-35-21(45-13(4)52)37(64)67-18(25(35)56)9-65-38-20(44-12(3)51)27(58)33(16(7-48)70-38)73-41-32(63)30(61)34(17(8-49)71-41)72-39-19(43-11(2)50)26(57)23(54)14(5-46)68-39/h10,14-42,46-49,53-64H,5-9H2,1-4H3,(H,43,50)(H,44,51)(H,45,52)/t10-,14+,15+,16+,17+,18+,19+,20+,21+,22+,23+,24-,25-,26+,27+,28+,29-,30+,31-,32+,33+,34-,35+,36+,37?,38+,39-,40-,41-,42-/m0/s1. The zero-order valence-electron chi connectivity index (χ0n) is 40.7.